The summed E-state index contributed by atoms with van der Waals surface area (Å²) in [7, 11) is 1.65. The van der Waals surface area contributed by atoms with Crippen LogP contribution in [0.3, 0.4) is 0 Å². The van der Waals surface area contributed by atoms with Crippen LogP contribution in [0.25, 0.3) is 11.3 Å². The lowest BCUT2D eigenvalue weighted by atomic mass is 10.1. The Labute approximate surface area is 100 Å². The van der Waals surface area contributed by atoms with Gasteiger partial charge in [-0.3, -0.25) is 0 Å². The highest BCUT2D eigenvalue weighted by Crippen LogP contribution is 2.19. The molecule has 0 bridgehead atoms. The molecule has 0 spiro atoms. The van der Waals surface area contributed by atoms with Gasteiger partial charge in [0.1, 0.15) is 5.75 Å². The van der Waals surface area contributed by atoms with E-state index in [0.717, 1.165) is 29.1 Å². The Balaban J connectivity index is 2.20. The second-order valence-corrected chi connectivity index (χ2v) is 3.68. The number of nitrogens with zero attached hydrogens (tertiary/aromatic N) is 2. The third-order valence-corrected chi connectivity index (χ3v) is 2.51. The van der Waals surface area contributed by atoms with E-state index in [9.17, 15) is 0 Å². The highest BCUT2D eigenvalue weighted by atomic mass is 16.5. The molecule has 0 amide bonds. The van der Waals surface area contributed by atoms with E-state index < -0.39 is 0 Å². The maximum atomic E-state index is 5.46. The first-order chi connectivity index (χ1) is 8.33. The summed E-state index contributed by atoms with van der Waals surface area (Å²) in [5.41, 5.74) is 8.26. The summed E-state index contributed by atoms with van der Waals surface area (Å²) in [6.07, 6.45) is 0.760. The molecule has 2 rings (SSSR count). The zero-order chi connectivity index (χ0) is 12.1. The Kier molecular flexibility index (Phi) is 3.67. The van der Waals surface area contributed by atoms with Gasteiger partial charge in [-0.1, -0.05) is 0 Å². The molecule has 2 N–H and O–H groups in total. The summed E-state index contributed by atoms with van der Waals surface area (Å²) >= 11 is 0. The fraction of sp³-hybridized carbons (Fsp3) is 0.231. The van der Waals surface area contributed by atoms with Crippen LogP contribution < -0.4 is 10.5 Å². The standard InChI is InChI=1S/C13H15N3O/c1-17-12-5-2-10(3-6-12)13-7-4-11(8-9-14)15-16-13/h2-7H,8-9,14H2,1H3. The van der Waals surface area contributed by atoms with E-state index in [0.29, 0.717) is 6.54 Å². The lowest BCUT2D eigenvalue weighted by molar-refractivity contribution is 0.415. The van der Waals surface area contributed by atoms with E-state index in [1.54, 1.807) is 7.11 Å². The van der Waals surface area contributed by atoms with Gasteiger partial charge in [-0.25, -0.2) is 0 Å². The van der Waals surface area contributed by atoms with Gasteiger partial charge in [0, 0.05) is 12.0 Å². The zero-order valence-electron chi connectivity index (χ0n) is 9.76. The Morgan fingerprint density at radius 2 is 1.82 bits per heavy atom. The summed E-state index contributed by atoms with van der Waals surface area (Å²) in [6.45, 7) is 0.594. The Morgan fingerprint density at radius 3 is 2.35 bits per heavy atom. The van der Waals surface area contributed by atoms with Crippen molar-refractivity contribution in [3.8, 4) is 17.0 Å². The van der Waals surface area contributed by atoms with Gasteiger partial charge in [0.15, 0.2) is 0 Å². The predicted octanol–water partition coefficient (Wildman–Crippen LogP) is 1.65. The van der Waals surface area contributed by atoms with Crippen LogP contribution in [0, 0.1) is 0 Å². The molecule has 0 aliphatic heterocycles. The molecule has 0 unspecified atom stereocenters. The van der Waals surface area contributed by atoms with Crippen LogP contribution in [-0.2, 0) is 6.42 Å². The van der Waals surface area contributed by atoms with Crippen LogP contribution in [0.5, 0.6) is 5.75 Å². The topological polar surface area (TPSA) is 61.0 Å². The Bertz CT molecular complexity index is 465. The van der Waals surface area contributed by atoms with Crippen molar-refractivity contribution in [3.05, 3.63) is 42.1 Å². The first kappa shape index (κ1) is 11.5. The summed E-state index contributed by atoms with van der Waals surface area (Å²) in [5, 5.41) is 8.30. The Morgan fingerprint density at radius 1 is 1.06 bits per heavy atom. The van der Waals surface area contributed by atoms with E-state index >= 15 is 0 Å². The second kappa shape index (κ2) is 5.41. The minimum absolute atomic E-state index is 0.594. The molecule has 0 aliphatic rings. The summed E-state index contributed by atoms with van der Waals surface area (Å²) in [4.78, 5) is 0. The number of rotatable bonds is 4. The molecule has 1 aromatic heterocycles. The van der Waals surface area contributed by atoms with Gasteiger partial charge in [-0.2, -0.15) is 10.2 Å². The third-order valence-electron chi connectivity index (χ3n) is 2.51. The summed E-state index contributed by atoms with van der Waals surface area (Å²) in [5.74, 6) is 0.835. The van der Waals surface area contributed by atoms with Crippen molar-refractivity contribution in [3.63, 3.8) is 0 Å². The van der Waals surface area contributed by atoms with Crippen molar-refractivity contribution >= 4 is 0 Å². The van der Waals surface area contributed by atoms with E-state index in [1.807, 2.05) is 36.4 Å². The SMILES string of the molecule is COc1ccc(-c2ccc(CCN)nn2)cc1. The monoisotopic (exact) mass is 229 g/mol. The molecule has 0 saturated heterocycles. The number of methoxy groups -OCH3 is 1. The average molecular weight is 229 g/mol. The largest absolute Gasteiger partial charge is 0.497 e. The highest BCUT2D eigenvalue weighted by Gasteiger charge is 2.01. The first-order valence-electron chi connectivity index (χ1n) is 5.50. The van der Waals surface area contributed by atoms with Gasteiger partial charge in [0.2, 0.25) is 0 Å². The first-order valence-corrected chi connectivity index (χ1v) is 5.50. The van der Waals surface area contributed by atoms with Crippen molar-refractivity contribution in [2.75, 3.05) is 13.7 Å². The molecule has 17 heavy (non-hydrogen) atoms. The van der Waals surface area contributed by atoms with Crippen LogP contribution in [0.15, 0.2) is 36.4 Å². The second-order valence-electron chi connectivity index (χ2n) is 3.68. The van der Waals surface area contributed by atoms with E-state index in [-0.39, 0.29) is 0 Å². The fourth-order valence-corrected chi connectivity index (χ4v) is 1.56. The van der Waals surface area contributed by atoms with Crippen LogP contribution in [0.2, 0.25) is 0 Å². The molecule has 0 radical (unpaired) electrons. The molecule has 88 valence electrons. The van der Waals surface area contributed by atoms with Crippen molar-refractivity contribution in [2.45, 2.75) is 6.42 Å². The number of hydrogen-bond donors (Lipinski definition) is 1. The average Bonchev–Trinajstić information content (AvgIpc) is 2.40. The maximum absolute atomic E-state index is 5.46. The lowest BCUT2D eigenvalue weighted by Crippen LogP contribution is -2.05. The van der Waals surface area contributed by atoms with Crippen LogP contribution in [0.1, 0.15) is 5.69 Å². The minimum atomic E-state index is 0.594. The van der Waals surface area contributed by atoms with E-state index in [1.165, 1.54) is 0 Å². The third kappa shape index (κ3) is 2.79. The number of aromatic nitrogens is 2. The molecule has 2 aromatic rings. The van der Waals surface area contributed by atoms with Crippen molar-refractivity contribution in [1.29, 1.82) is 0 Å². The minimum Gasteiger partial charge on any atom is -0.497 e. The van der Waals surface area contributed by atoms with Crippen molar-refractivity contribution < 1.29 is 4.74 Å². The Hall–Kier alpha value is -1.94. The van der Waals surface area contributed by atoms with Gasteiger partial charge in [-0.15, -0.1) is 0 Å². The van der Waals surface area contributed by atoms with Crippen LogP contribution in [-0.4, -0.2) is 23.9 Å². The van der Waals surface area contributed by atoms with Gasteiger partial charge >= 0.3 is 0 Å². The molecule has 0 saturated carbocycles. The molecule has 1 aromatic carbocycles. The predicted molar refractivity (Wildman–Crippen MR) is 66.8 cm³/mol. The van der Waals surface area contributed by atoms with Gasteiger partial charge in [0.05, 0.1) is 18.5 Å². The van der Waals surface area contributed by atoms with E-state index in [2.05, 4.69) is 10.2 Å². The van der Waals surface area contributed by atoms with Gasteiger partial charge in [-0.05, 0) is 42.9 Å². The zero-order valence-corrected chi connectivity index (χ0v) is 9.76. The number of benzene rings is 1. The van der Waals surface area contributed by atoms with Crippen LogP contribution >= 0.6 is 0 Å². The lowest BCUT2D eigenvalue weighted by Gasteiger charge is -2.03. The smallest absolute Gasteiger partial charge is 0.118 e. The fourth-order valence-electron chi connectivity index (χ4n) is 1.56. The quantitative estimate of drug-likeness (QED) is 0.866. The summed E-state index contributed by atoms with van der Waals surface area (Å²) < 4.78 is 5.11. The molecule has 4 nitrogen and oxygen atoms in total. The number of hydrogen-bond acceptors (Lipinski definition) is 4. The molecule has 4 heteroatoms. The maximum Gasteiger partial charge on any atom is 0.118 e. The molecule has 0 aliphatic carbocycles. The normalized spacial score (nSPS) is 10.2. The molecule has 0 atom stereocenters. The number of ether oxygens (including phenoxy) is 1. The molecule has 0 fully saturated rings. The van der Waals surface area contributed by atoms with E-state index in [4.69, 9.17) is 10.5 Å². The van der Waals surface area contributed by atoms with Gasteiger partial charge in [0.25, 0.3) is 0 Å². The highest BCUT2D eigenvalue weighted by molar-refractivity contribution is 5.59. The molecule has 1 heterocycles. The molecular formula is C13H15N3O. The summed E-state index contributed by atoms with van der Waals surface area (Å²) in [6, 6.07) is 11.7. The van der Waals surface area contributed by atoms with Crippen molar-refractivity contribution in [1.82, 2.24) is 10.2 Å². The molecular weight excluding hydrogens is 214 g/mol. The number of nitrogens with two attached hydrogens (primary N) is 1. The van der Waals surface area contributed by atoms with Gasteiger partial charge < -0.3 is 10.5 Å². The van der Waals surface area contributed by atoms with Crippen LogP contribution in [0.4, 0.5) is 0 Å². The van der Waals surface area contributed by atoms with Crippen molar-refractivity contribution in [2.24, 2.45) is 5.73 Å².